The van der Waals surface area contributed by atoms with E-state index in [9.17, 15) is 14.0 Å². The van der Waals surface area contributed by atoms with Crippen LogP contribution >= 0.6 is 0 Å². The number of hydrogen-bond donors (Lipinski definition) is 2. The fourth-order valence-electron chi connectivity index (χ4n) is 2.97. The minimum Gasteiger partial charge on any atom is -0.343 e. The molecule has 0 aliphatic carbocycles. The number of hydrogen-bond acceptors (Lipinski definition) is 4. The Labute approximate surface area is 142 Å². The van der Waals surface area contributed by atoms with Crippen molar-refractivity contribution in [3.63, 3.8) is 0 Å². The van der Waals surface area contributed by atoms with Crippen LogP contribution in [-0.4, -0.2) is 20.3 Å². The summed E-state index contributed by atoms with van der Waals surface area (Å²) in [6, 6.07) is 6.52. The lowest BCUT2D eigenvalue weighted by Crippen LogP contribution is -2.37. The van der Waals surface area contributed by atoms with Gasteiger partial charge in [-0.3, -0.25) is 15.0 Å². The standard InChI is InChI=1S/C17H18FN5O2/c1-10-13-7-20-23(9-15(24)21-19)17(25)16(13)11(2)22(10)8-12-5-3-4-6-14(12)18/h3-7H,8-9,19H2,1-2H3,(H,21,24). The van der Waals surface area contributed by atoms with E-state index in [0.717, 1.165) is 10.4 Å². The summed E-state index contributed by atoms with van der Waals surface area (Å²) in [4.78, 5) is 24.1. The van der Waals surface area contributed by atoms with Crippen molar-refractivity contribution in [3.05, 3.63) is 63.6 Å². The number of aromatic nitrogens is 3. The highest BCUT2D eigenvalue weighted by molar-refractivity contribution is 5.87. The number of carbonyl (C=O) groups excluding carboxylic acids is 1. The van der Waals surface area contributed by atoms with Crippen molar-refractivity contribution in [2.24, 2.45) is 5.84 Å². The molecule has 1 amide bonds. The van der Waals surface area contributed by atoms with Gasteiger partial charge in [-0.15, -0.1) is 0 Å². The van der Waals surface area contributed by atoms with Gasteiger partial charge in [-0.1, -0.05) is 18.2 Å². The van der Waals surface area contributed by atoms with E-state index in [4.69, 9.17) is 5.84 Å². The molecule has 0 saturated carbocycles. The highest BCUT2D eigenvalue weighted by Gasteiger charge is 2.17. The summed E-state index contributed by atoms with van der Waals surface area (Å²) in [5.41, 5.74) is 3.64. The molecule has 25 heavy (non-hydrogen) atoms. The van der Waals surface area contributed by atoms with Crippen molar-refractivity contribution >= 4 is 16.7 Å². The molecular formula is C17H18FN5O2. The third-order valence-corrected chi connectivity index (χ3v) is 4.35. The van der Waals surface area contributed by atoms with Crippen LogP contribution in [0, 0.1) is 19.7 Å². The number of nitrogens with zero attached hydrogens (tertiary/aromatic N) is 3. The second kappa shape index (κ2) is 6.48. The second-order valence-corrected chi connectivity index (χ2v) is 5.81. The fourth-order valence-corrected chi connectivity index (χ4v) is 2.97. The van der Waals surface area contributed by atoms with Gasteiger partial charge < -0.3 is 4.57 Å². The second-order valence-electron chi connectivity index (χ2n) is 5.81. The Balaban J connectivity index is 2.13. The maximum Gasteiger partial charge on any atom is 0.276 e. The topological polar surface area (TPSA) is 94.9 Å². The maximum atomic E-state index is 14.0. The van der Waals surface area contributed by atoms with Gasteiger partial charge in [0.05, 0.1) is 18.1 Å². The van der Waals surface area contributed by atoms with Crippen LogP contribution in [0.25, 0.3) is 10.8 Å². The first kappa shape index (κ1) is 16.8. The molecule has 1 aromatic carbocycles. The third-order valence-electron chi connectivity index (χ3n) is 4.35. The predicted molar refractivity (Wildman–Crippen MR) is 91.3 cm³/mol. The third kappa shape index (κ3) is 2.91. The van der Waals surface area contributed by atoms with E-state index in [1.165, 1.54) is 6.07 Å². The highest BCUT2D eigenvalue weighted by atomic mass is 19.1. The van der Waals surface area contributed by atoms with E-state index in [1.807, 2.05) is 16.9 Å². The van der Waals surface area contributed by atoms with Crippen molar-refractivity contribution in [2.75, 3.05) is 0 Å². The van der Waals surface area contributed by atoms with E-state index in [2.05, 4.69) is 5.10 Å². The molecule has 0 saturated heterocycles. The summed E-state index contributed by atoms with van der Waals surface area (Å²) < 4.78 is 16.9. The lowest BCUT2D eigenvalue weighted by atomic mass is 10.2. The first-order valence-electron chi connectivity index (χ1n) is 7.72. The molecule has 3 N–H and O–H groups in total. The number of nitrogens with two attached hydrogens (primary N) is 1. The Bertz CT molecular complexity index is 1020. The molecule has 3 aromatic rings. The Kier molecular flexibility index (Phi) is 4.37. The number of hydrazine groups is 1. The van der Waals surface area contributed by atoms with Gasteiger partial charge in [0.2, 0.25) is 0 Å². The first-order chi connectivity index (χ1) is 11.9. The molecule has 3 rings (SSSR count). The normalized spacial score (nSPS) is 11.0. The predicted octanol–water partition coefficient (Wildman–Crippen LogP) is 0.992. The summed E-state index contributed by atoms with van der Waals surface area (Å²) in [5.74, 6) is 4.24. The molecule has 8 heteroatoms. The molecule has 0 aliphatic heterocycles. The van der Waals surface area contributed by atoms with Gasteiger partial charge in [-0.25, -0.2) is 14.9 Å². The van der Waals surface area contributed by atoms with E-state index in [1.54, 1.807) is 31.3 Å². The van der Waals surface area contributed by atoms with Crippen molar-refractivity contribution < 1.29 is 9.18 Å². The number of carbonyl (C=O) groups is 1. The first-order valence-corrected chi connectivity index (χ1v) is 7.72. The molecule has 0 spiro atoms. The van der Waals surface area contributed by atoms with Gasteiger partial charge in [0.15, 0.2) is 0 Å². The number of nitrogens with one attached hydrogen (secondary N) is 1. The van der Waals surface area contributed by atoms with Gasteiger partial charge >= 0.3 is 0 Å². The zero-order valence-electron chi connectivity index (χ0n) is 13.9. The van der Waals surface area contributed by atoms with Gasteiger partial charge in [-0.05, 0) is 19.9 Å². The number of fused-ring (bicyclic) bond motifs is 1. The zero-order valence-corrected chi connectivity index (χ0v) is 13.9. The summed E-state index contributed by atoms with van der Waals surface area (Å²) in [7, 11) is 0. The number of amides is 1. The lowest BCUT2D eigenvalue weighted by molar-refractivity contribution is -0.121. The Morgan fingerprint density at radius 3 is 2.68 bits per heavy atom. The van der Waals surface area contributed by atoms with E-state index >= 15 is 0 Å². The molecule has 0 bridgehead atoms. The molecule has 0 fully saturated rings. The average molecular weight is 343 g/mol. The van der Waals surface area contributed by atoms with Crippen LogP contribution in [0.1, 0.15) is 17.0 Å². The number of aryl methyl sites for hydroxylation is 2. The number of benzene rings is 1. The van der Waals surface area contributed by atoms with Crippen LogP contribution in [0.2, 0.25) is 0 Å². The van der Waals surface area contributed by atoms with E-state index in [0.29, 0.717) is 28.6 Å². The average Bonchev–Trinajstić information content (AvgIpc) is 2.84. The van der Waals surface area contributed by atoms with Gasteiger partial charge in [0.1, 0.15) is 12.4 Å². The van der Waals surface area contributed by atoms with Crippen LogP contribution in [-0.2, 0) is 17.9 Å². The molecular weight excluding hydrogens is 325 g/mol. The molecule has 2 heterocycles. The Morgan fingerprint density at radius 2 is 2.00 bits per heavy atom. The van der Waals surface area contributed by atoms with Crippen LogP contribution in [0.4, 0.5) is 4.39 Å². The SMILES string of the molecule is Cc1c2cnn(CC(=O)NN)c(=O)c2c(C)n1Cc1ccccc1F. The van der Waals surface area contributed by atoms with E-state index in [-0.39, 0.29) is 17.9 Å². The number of halogens is 1. The molecule has 0 aliphatic rings. The summed E-state index contributed by atoms with van der Waals surface area (Å²) in [6.07, 6.45) is 1.54. The summed E-state index contributed by atoms with van der Waals surface area (Å²) >= 11 is 0. The quantitative estimate of drug-likeness (QED) is 0.420. The molecule has 7 nitrogen and oxygen atoms in total. The van der Waals surface area contributed by atoms with Crippen molar-refractivity contribution in [1.82, 2.24) is 19.8 Å². The van der Waals surface area contributed by atoms with Crippen molar-refractivity contribution in [2.45, 2.75) is 26.9 Å². The Morgan fingerprint density at radius 1 is 1.28 bits per heavy atom. The van der Waals surface area contributed by atoms with E-state index < -0.39 is 5.91 Å². The Hall–Kier alpha value is -3.00. The summed E-state index contributed by atoms with van der Waals surface area (Å²) in [5, 5.41) is 5.18. The highest BCUT2D eigenvalue weighted by Crippen LogP contribution is 2.23. The largest absolute Gasteiger partial charge is 0.343 e. The number of rotatable bonds is 4. The lowest BCUT2D eigenvalue weighted by Gasteiger charge is -2.10. The molecule has 0 radical (unpaired) electrons. The molecule has 130 valence electrons. The smallest absolute Gasteiger partial charge is 0.276 e. The van der Waals surface area contributed by atoms with Crippen LogP contribution in [0.15, 0.2) is 35.3 Å². The van der Waals surface area contributed by atoms with Crippen LogP contribution < -0.4 is 16.8 Å². The van der Waals surface area contributed by atoms with Gasteiger partial charge in [0, 0.05) is 22.3 Å². The zero-order chi connectivity index (χ0) is 18.1. The molecule has 0 unspecified atom stereocenters. The molecule has 2 aromatic heterocycles. The van der Waals surface area contributed by atoms with Gasteiger partial charge in [-0.2, -0.15) is 5.10 Å². The van der Waals surface area contributed by atoms with Gasteiger partial charge in [0.25, 0.3) is 11.5 Å². The van der Waals surface area contributed by atoms with Crippen molar-refractivity contribution in [3.8, 4) is 0 Å². The minimum atomic E-state index is -0.519. The maximum absolute atomic E-state index is 14.0. The van der Waals surface area contributed by atoms with Crippen molar-refractivity contribution in [1.29, 1.82) is 0 Å². The van der Waals surface area contributed by atoms with Crippen LogP contribution in [0.3, 0.4) is 0 Å². The van der Waals surface area contributed by atoms with Crippen LogP contribution in [0.5, 0.6) is 0 Å². The molecule has 0 atom stereocenters. The minimum absolute atomic E-state index is 0.262. The monoisotopic (exact) mass is 343 g/mol. The fraction of sp³-hybridized carbons (Fsp3) is 0.235. The summed E-state index contributed by atoms with van der Waals surface area (Å²) in [6.45, 7) is 3.70.